The van der Waals surface area contributed by atoms with Crippen LogP contribution in [0.25, 0.3) is 0 Å². The SMILES string of the molecule is COc1ccc(NC(=O)NC(C)(C)C)c(OCCCN)c1. The van der Waals surface area contributed by atoms with Gasteiger partial charge in [-0.25, -0.2) is 4.79 Å². The Bertz CT molecular complexity index is 470. The van der Waals surface area contributed by atoms with E-state index in [2.05, 4.69) is 10.6 Å². The lowest BCUT2D eigenvalue weighted by molar-refractivity contribution is 0.243. The molecule has 0 unspecified atom stereocenters. The molecule has 0 aliphatic heterocycles. The summed E-state index contributed by atoms with van der Waals surface area (Å²) in [5.41, 5.74) is 5.74. The Kier molecular flexibility index (Phi) is 6.30. The number of methoxy groups -OCH3 is 1. The highest BCUT2D eigenvalue weighted by Gasteiger charge is 2.15. The van der Waals surface area contributed by atoms with Gasteiger partial charge in [0.05, 0.1) is 19.4 Å². The molecule has 0 bridgehead atoms. The number of nitrogens with one attached hydrogen (secondary N) is 2. The Hall–Kier alpha value is -1.95. The van der Waals surface area contributed by atoms with Gasteiger partial charge in [0, 0.05) is 11.6 Å². The van der Waals surface area contributed by atoms with Crippen molar-refractivity contribution in [1.29, 1.82) is 0 Å². The van der Waals surface area contributed by atoms with E-state index in [1.54, 1.807) is 25.3 Å². The van der Waals surface area contributed by atoms with E-state index in [1.807, 2.05) is 20.8 Å². The first-order valence-corrected chi connectivity index (χ1v) is 6.96. The van der Waals surface area contributed by atoms with Crippen molar-refractivity contribution >= 4 is 11.7 Å². The van der Waals surface area contributed by atoms with Gasteiger partial charge in [-0.15, -0.1) is 0 Å². The fourth-order valence-corrected chi connectivity index (χ4v) is 1.61. The molecule has 0 aromatic heterocycles. The highest BCUT2D eigenvalue weighted by Crippen LogP contribution is 2.29. The summed E-state index contributed by atoms with van der Waals surface area (Å²) >= 11 is 0. The van der Waals surface area contributed by atoms with Gasteiger partial charge in [0.25, 0.3) is 0 Å². The lowest BCUT2D eigenvalue weighted by Crippen LogP contribution is -2.43. The number of hydrogen-bond donors (Lipinski definition) is 3. The first-order chi connectivity index (χ1) is 9.85. The summed E-state index contributed by atoms with van der Waals surface area (Å²) in [7, 11) is 1.58. The van der Waals surface area contributed by atoms with Gasteiger partial charge in [0.2, 0.25) is 0 Å². The van der Waals surface area contributed by atoms with Crippen LogP contribution >= 0.6 is 0 Å². The van der Waals surface area contributed by atoms with Crippen LogP contribution in [0.5, 0.6) is 11.5 Å². The van der Waals surface area contributed by atoms with Gasteiger partial charge in [-0.1, -0.05) is 0 Å². The Morgan fingerprint density at radius 1 is 1.33 bits per heavy atom. The summed E-state index contributed by atoms with van der Waals surface area (Å²) in [6.07, 6.45) is 0.741. The monoisotopic (exact) mass is 295 g/mol. The van der Waals surface area contributed by atoms with Gasteiger partial charge in [-0.2, -0.15) is 0 Å². The standard InChI is InChI=1S/C15H25N3O3/c1-15(2,3)18-14(19)17-12-7-6-11(20-4)10-13(12)21-9-5-8-16/h6-7,10H,5,8-9,16H2,1-4H3,(H2,17,18,19). The number of carbonyl (C=O) groups excluding carboxylic acids is 1. The largest absolute Gasteiger partial charge is 0.497 e. The van der Waals surface area contributed by atoms with Gasteiger partial charge in [0.1, 0.15) is 11.5 Å². The molecule has 118 valence electrons. The number of anilines is 1. The quantitative estimate of drug-likeness (QED) is 0.703. The van der Waals surface area contributed by atoms with Crippen molar-refractivity contribution in [3.8, 4) is 11.5 Å². The molecular weight excluding hydrogens is 270 g/mol. The molecule has 1 aromatic rings. The summed E-state index contributed by atoms with van der Waals surface area (Å²) in [5.74, 6) is 1.23. The lowest BCUT2D eigenvalue weighted by atomic mass is 10.1. The number of rotatable bonds is 6. The van der Waals surface area contributed by atoms with Crippen LogP contribution < -0.4 is 25.8 Å². The van der Waals surface area contributed by atoms with Crippen LogP contribution in [0.3, 0.4) is 0 Å². The molecule has 4 N–H and O–H groups in total. The molecule has 0 spiro atoms. The molecule has 1 aromatic carbocycles. The number of ether oxygens (including phenoxy) is 2. The van der Waals surface area contributed by atoms with Gasteiger partial charge in [-0.05, 0) is 45.9 Å². The van der Waals surface area contributed by atoms with Crippen molar-refractivity contribution in [2.75, 3.05) is 25.6 Å². The average molecular weight is 295 g/mol. The first-order valence-electron chi connectivity index (χ1n) is 6.96. The van der Waals surface area contributed by atoms with Crippen LogP contribution in [0.4, 0.5) is 10.5 Å². The second-order valence-corrected chi connectivity index (χ2v) is 5.68. The predicted molar refractivity (Wildman–Crippen MR) is 84.1 cm³/mol. The van der Waals surface area contributed by atoms with Crippen LogP contribution in [0.15, 0.2) is 18.2 Å². The molecule has 0 radical (unpaired) electrons. The van der Waals surface area contributed by atoms with Gasteiger partial charge < -0.3 is 25.8 Å². The maximum Gasteiger partial charge on any atom is 0.319 e. The van der Waals surface area contributed by atoms with Crippen LogP contribution in [-0.4, -0.2) is 31.8 Å². The number of urea groups is 1. The normalized spacial score (nSPS) is 10.9. The van der Waals surface area contributed by atoms with E-state index in [9.17, 15) is 4.79 Å². The number of hydrogen-bond acceptors (Lipinski definition) is 4. The van der Waals surface area contributed by atoms with Crippen molar-refractivity contribution in [3.63, 3.8) is 0 Å². The zero-order valence-corrected chi connectivity index (χ0v) is 13.2. The topological polar surface area (TPSA) is 85.6 Å². The van der Waals surface area contributed by atoms with Gasteiger partial charge in [0.15, 0.2) is 0 Å². The zero-order valence-electron chi connectivity index (χ0n) is 13.2. The first kappa shape index (κ1) is 17.1. The third-order valence-electron chi connectivity index (χ3n) is 2.53. The summed E-state index contributed by atoms with van der Waals surface area (Å²) < 4.78 is 10.8. The molecule has 2 amide bonds. The Morgan fingerprint density at radius 2 is 2.05 bits per heavy atom. The average Bonchev–Trinajstić information content (AvgIpc) is 2.38. The van der Waals surface area contributed by atoms with Crippen LogP contribution in [0.2, 0.25) is 0 Å². The molecule has 6 nitrogen and oxygen atoms in total. The van der Waals surface area contributed by atoms with E-state index in [0.717, 1.165) is 6.42 Å². The summed E-state index contributed by atoms with van der Waals surface area (Å²) in [5, 5.41) is 5.62. The third-order valence-corrected chi connectivity index (χ3v) is 2.53. The molecule has 0 atom stereocenters. The van der Waals surface area contributed by atoms with Crippen LogP contribution in [0.1, 0.15) is 27.2 Å². The minimum absolute atomic E-state index is 0.281. The van der Waals surface area contributed by atoms with E-state index < -0.39 is 0 Å². The van der Waals surface area contributed by atoms with E-state index in [-0.39, 0.29) is 11.6 Å². The van der Waals surface area contributed by atoms with Gasteiger partial charge in [-0.3, -0.25) is 0 Å². The zero-order chi connectivity index (χ0) is 15.9. The van der Waals surface area contributed by atoms with Crippen molar-refractivity contribution in [3.05, 3.63) is 18.2 Å². The Morgan fingerprint density at radius 3 is 2.62 bits per heavy atom. The van der Waals surface area contributed by atoms with Crippen molar-refractivity contribution in [1.82, 2.24) is 5.32 Å². The molecule has 0 aliphatic rings. The van der Waals surface area contributed by atoms with Crippen LogP contribution in [0, 0.1) is 0 Å². The highest BCUT2D eigenvalue weighted by molar-refractivity contribution is 5.91. The molecule has 6 heteroatoms. The van der Waals surface area contributed by atoms with E-state index >= 15 is 0 Å². The Labute approximate surface area is 126 Å². The second-order valence-electron chi connectivity index (χ2n) is 5.68. The summed E-state index contributed by atoms with van der Waals surface area (Å²) in [6, 6.07) is 4.97. The number of amides is 2. The third kappa shape index (κ3) is 6.35. The minimum atomic E-state index is -0.308. The minimum Gasteiger partial charge on any atom is -0.497 e. The second kappa shape index (κ2) is 7.73. The number of nitrogens with two attached hydrogens (primary N) is 1. The van der Waals surface area contributed by atoms with E-state index in [0.29, 0.717) is 30.3 Å². The maximum absolute atomic E-state index is 11.9. The summed E-state index contributed by atoms with van der Waals surface area (Å²) in [6.45, 7) is 6.79. The predicted octanol–water partition coefficient (Wildman–Crippen LogP) is 2.34. The molecule has 0 saturated carbocycles. The molecule has 0 aliphatic carbocycles. The van der Waals surface area contributed by atoms with Crippen molar-refractivity contribution < 1.29 is 14.3 Å². The van der Waals surface area contributed by atoms with Crippen LogP contribution in [-0.2, 0) is 0 Å². The Balaban J connectivity index is 2.81. The van der Waals surface area contributed by atoms with Crippen molar-refractivity contribution in [2.24, 2.45) is 5.73 Å². The summed E-state index contributed by atoms with van der Waals surface area (Å²) in [4.78, 5) is 11.9. The maximum atomic E-state index is 11.9. The molecule has 21 heavy (non-hydrogen) atoms. The van der Waals surface area contributed by atoms with Crippen molar-refractivity contribution in [2.45, 2.75) is 32.7 Å². The van der Waals surface area contributed by atoms with Gasteiger partial charge >= 0.3 is 6.03 Å². The van der Waals surface area contributed by atoms with E-state index in [4.69, 9.17) is 15.2 Å². The lowest BCUT2D eigenvalue weighted by Gasteiger charge is -2.21. The number of carbonyl (C=O) groups is 1. The molecule has 0 saturated heterocycles. The van der Waals surface area contributed by atoms with E-state index in [1.165, 1.54) is 0 Å². The molecule has 0 heterocycles. The fraction of sp³-hybridized carbons (Fsp3) is 0.533. The molecule has 1 rings (SSSR count). The molecule has 0 fully saturated rings. The smallest absolute Gasteiger partial charge is 0.319 e. The molecular formula is C15H25N3O3. The fourth-order valence-electron chi connectivity index (χ4n) is 1.61. The highest BCUT2D eigenvalue weighted by atomic mass is 16.5. The number of benzene rings is 1.